The zero-order valence-electron chi connectivity index (χ0n) is 12.7. The first-order valence-corrected chi connectivity index (χ1v) is 7.69. The SMILES string of the molecule is CCn1ccnc1CC(NC)C1CCCC(C(F)(F)F)C1. The lowest BCUT2D eigenvalue weighted by molar-refractivity contribution is -0.186. The third-order valence-corrected chi connectivity index (χ3v) is 4.66. The summed E-state index contributed by atoms with van der Waals surface area (Å²) in [6.45, 7) is 2.88. The van der Waals surface area contributed by atoms with Crippen LogP contribution in [0.15, 0.2) is 12.4 Å². The molecule has 0 spiro atoms. The molecule has 6 heteroatoms. The molecule has 1 N–H and O–H groups in total. The van der Waals surface area contributed by atoms with Crippen LogP contribution in [0, 0.1) is 11.8 Å². The first kappa shape index (κ1) is 16.3. The molecule has 3 atom stereocenters. The van der Waals surface area contributed by atoms with Gasteiger partial charge >= 0.3 is 6.18 Å². The minimum Gasteiger partial charge on any atom is -0.335 e. The fraction of sp³-hybridized carbons (Fsp3) is 0.800. The monoisotopic (exact) mass is 303 g/mol. The molecular formula is C15H24F3N3. The van der Waals surface area contributed by atoms with Gasteiger partial charge in [-0.15, -0.1) is 0 Å². The number of halogens is 3. The maximum atomic E-state index is 12.9. The van der Waals surface area contributed by atoms with Gasteiger partial charge in [-0.2, -0.15) is 13.2 Å². The van der Waals surface area contributed by atoms with Crippen molar-refractivity contribution in [3.05, 3.63) is 18.2 Å². The molecule has 1 fully saturated rings. The van der Waals surface area contributed by atoms with Crippen molar-refractivity contribution in [2.75, 3.05) is 7.05 Å². The van der Waals surface area contributed by atoms with E-state index in [0.717, 1.165) is 18.8 Å². The van der Waals surface area contributed by atoms with Gasteiger partial charge in [-0.1, -0.05) is 6.42 Å². The minimum atomic E-state index is -4.06. The van der Waals surface area contributed by atoms with Crippen LogP contribution < -0.4 is 5.32 Å². The van der Waals surface area contributed by atoms with Gasteiger partial charge in [0, 0.05) is 31.4 Å². The predicted octanol–water partition coefficient (Wildman–Crippen LogP) is 3.40. The third kappa shape index (κ3) is 3.99. The van der Waals surface area contributed by atoms with Crippen LogP contribution >= 0.6 is 0 Å². The van der Waals surface area contributed by atoms with Crippen LogP contribution in [0.1, 0.15) is 38.4 Å². The molecule has 1 aliphatic carbocycles. The summed E-state index contributed by atoms with van der Waals surface area (Å²) in [5, 5.41) is 3.21. The van der Waals surface area contributed by atoms with E-state index in [1.165, 1.54) is 0 Å². The molecule has 1 aliphatic rings. The lowest BCUT2D eigenvalue weighted by Gasteiger charge is -2.35. The van der Waals surface area contributed by atoms with Gasteiger partial charge in [-0.3, -0.25) is 0 Å². The van der Waals surface area contributed by atoms with E-state index in [1.54, 1.807) is 6.20 Å². The molecule has 1 saturated carbocycles. The normalized spacial score (nSPS) is 25.0. The third-order valence-electron chi connectivity index (χ3n) is 4.66. The number of imidazole rings is 1. The molecule has 3 nitrogen and oxygen atoms in total. The van der Waals surface area contributed by atoms with Crippen molar-refractivity contribution in [1.29, 1.82) is 0 Å². The molecule has 0 aliphatic heterocycles. The zero-order chi connectivity index (χ0) is 15.5. The van der Waals surface area contributed by atoms with Crippen molar-refractivity contribution in [1.82, 2.24) is 14.9 Å². The molecule has 0 aromatic carbocycles. The Kier molecular flexibility index (Phi) is 5.30. The largest absolute Gasteiger partial charge is 0.391 e. The van der Waals surface area contributed by atoms with E-state index in [-0.39, 0.29) is 24.8 Å². The number of nitrogens with zero attached hydrogens (tertiary/aromatic N) is 2. The molecule has 0 saturated heterocycles. The van der Waals surface area contributed by atoms with E-state index in [2.05, 4.69) is 14.9 Å². The van der Waals surface area contributed by atoms with Crippen LogP contribution in [-0.2, 0) is 13.0 Å². The second-order valence-corrected chi connectivity index (χ2v) is 5.89. The Hall–Kier alpha value is -1.04. The van der Waals surface area contributed by atoms with Crippen molar-refractivity contribution < 1.29 is 13.2 Å². The fourth-order valence-corrected chi connectivity index (χ4v) is 3.41. The summed E-state index contributed by atoms with van der Waals surface area (Å²) in [7, 11) is 1.83. The molecule has 1 heterocycles. The summed E-state index contributed by atoms with van der Waals surface area (Å²) in [5.41, 5.74) is 0. The van der Waals surface area contributed by atoms with Gasteiger partial charge in [-0.05, 0) is 39.2 Å². The summed E-state index contributed by atoms with van der Waals surface area (Å²) < 4.78 is 40.9. The number of alkyl halides is 3. The molecule has 0 amide bonds. The summed E-state index contributed by atoms with van der Waals surface area (Å²) in [4.78, 5) is 4.34. The summed E-state index contributed by atoms with van der Waals surface area (Å²) in [5.74, 6) is -0.124. The topological polar surface area (TPSA) is 29.9 Å². The number of rotatable bonds is 5. The fourth-order valence-electron chi connectivity index (χ4n) is 3.41. The van der Waals surface area contributed by atoms with Crippen molar-refractivity contribution in [2.24, 2.45) is 11.8 Å². The van der Waals surface area contributed by atoms with E-state index in [1.807, 2.05) is 20.2 Å². The van der Waals surface area contributed by atoms with Crippen LogP contribution in [0.3, 0.4) is 0 Å². The van der Waals surface area contributed by atoms with Gasteiger partial charge in [0.05, 0.1) is 5.92 Å². The van der Waals surface area contributed by atoms with Gasteiger partial charge in [-0.25, -0.2) is 4.98 Å². The first-order valence-electron chi connectivity index (χ1n) is 7.69. The molecule has 1 aromatic rings. The first-order chi connectivity index (χ1) is 9.95. The van der Waals surface area contributed by atoms with E-state index in [4.69, 9.17) is 0 Å². The molecule has 0 radical (unpaired) electrons. The Labute approximate surface area is 123 Å². The smallest absolute Gasteiger partial charge is 0.335 e. The van der Waals surface area contributed by atoms with Gasteiger partial charge in [0.2, 0.25) is 0 Å². The number of hydrogen-bond acceptors (Lipinski definition) is 2. The molecule has 2 rings (SSSR count). The minimum absolute atomic E-state index is 0.0582. The second kappa shape index (κ2) is 6.81. The molecule has 0 bridgehead atoms. The summed E-state index contributed by atoms with van der Waals surface area (Å²) in [6.07, 6.45) is 2.35. The van der Waals surface area contributed by atoms with Crippen molar-refractivity contribution in [3.8, 4) is 0 Å². The van der Waals surface area contributed by atoms with Crippen LogP contribution in [0.25, 0.3) is 0 Å². The Bertz CT molecular complexity index is 442. The highest BCUT2D eigenvalue weighted by atomic mass is 19.4. The summed E-state index contributed by atoms with van der Waals surface area (Å²) >= 11 is 0. The van der Waals surface area contributed by atoms with E-state index in [0.29, 0.717) is 12.8 Å². The average molecular weight is 303 g/mol. The molecule has 3 unspecified atom stereocenters. The highest BCUT2D eigenvalue weighted by molar-refractivity contribution is 4.97. The average Bonchev–Trinajstić information content (AvgIpc) is 2.91. The Morgan fingerprint density at radius 1 is 1.43 bits per heavy atom. The van der Waals surface area contributed by atoms with Gasteiger partial charge in [0.1, 0.15) is 5.82 Å². The Balaban J connectivity index is 2.03. The van der Waals surface area contributed by atoms with Crippen molar-refractivity contribution >= 4 is 0 Å². The number of aromatic nitrogens is 2. The molecular weight excluding hydrogens is 279 g/mol. The number of hydrogen-bond donors (Lipinski definition) is 1. The van der Waals surface area contributed by atoms with Crippen molar-refractivity contribution in [3.63, 3.8) is 0 Å². The standard InChI is InChI=1S/C15H24F3N3/c1-3-21-8-7-20-14(21)10-13(19-2)11-5-4-6-12(9-11)15(16,17)18/h7-8,11-13,19H,3-6,9-10H2,1-2H3. The molecule has 21 heavy (non-hydrogen) atoms. The maximum absolute atomic E-state index is 12.9. The van der Waals surface area contributed by atoms with Crippen molar-refractivity contribution in [2.45, 2.75) is 57.8 Å². The van der Waals surface area contributed by atoms with Gasteiger partial charge in [0.25, 0.3) is 0 Å². The van der Waals surface area contributed by atoms with E-state index in [9.17, 15) is 13.2 Å². The number of nitrogens with one attached hydrogen (secondary N) is 1. The highest BCUT2D eigenvalue weighted by Crippen LogP contribution is 2.41. The zero-order valence-corrected chi connectivity index (χ0v) is 12.7. The van der Waals surface area contributed by atoms with Gasteiger partial charge < -0.3 is 9.88 Å². The Morgan fingerprint density at radius 3 is 2.81 bits per heavy atom. The van der Waals surface area contributed by atoms with Crippen LogP contribution in [0.2, 0.25) is 0 Å². The Morgan fingerprint density at radius 2 is 2.19 bits per heavy atom. The lowest BCUT2D eigenvalue weighted by Crippen LogP contribution is -2.41. The molecule has 120 valence electrons. The molecule has 1 aromatic heterocycles. The van der Waals surface area contributed by atoms with E-state index < -0.39 is 12.1 Å². The van der Waals surface area contributed by atoms with Crippen LogP contribution in [-0.4, -0.2) is 28.8 Å². The quantitative estimate of drug-likeness (QED) is 0.903. The highest BCUT2D eigenvalue weighted by Gasteiger charge is 2.43. The van der Waals surface area contributed by atoms with Crippen LogP contribution in [0.5, 0.6) is 0 Å². The van der Waals surface area contributed by atoms with E-state index >= 15 is 0 Å². The number of aryl methyl sites for hydroxylation is 1. The van der Waals surface area contributed by atoms with Crippen LogP contribution in [0.4, 0.5) is 13.2 Å². The summed E-state index contributed by atoms with van der Waals surface area (Å²) in [6, 6.07) is 0.0582. The van der Waals surface area contributed by atoms with Gasteiger partial charge in [0.15, 0.2) is 0 Å². The predicted molar refractivity (Wildman–Crippen MR) is 76.0 cm³/mol. The second-order valence-electron chi connectivity index (χ2n) is 5.89. The number of likely N-dealkylation sites (N-methyl/N-ethyl adjacent to an activating group) is 1. The maximum Gasteiger partial charge on any atom is 0.391 e. The lowest BCUT2D eigenvalue weighted by atomic mass is 9.76.